The average Bonchev–Trinajstić information content (AvgIpc) is 2.70. The van der Waals surface area contributed by atoms with E-state index in [0.717, 1.165) is 17.7 Å². The molecule has 1 atom stereocenters. The van der Waals surface area contributed by atoms with Crippen LogP contribution in [-0.2, 0) is 13.1 Å². The van der Waals surface area contributed by atoms with Gasteiger partial charge in [0.05, 0.1) is 24.8 Å². The predicted octanol–water partition coefficient (Wildman–Crippen LogP) is 5.08. The van der Waals surface area contributed by atoms with Crippen molar-refractivity contribution in [2.75, 3.05) is 13.7 Å². The van der Waals surface area contributed by atoms with Gasteiger partial charge >= 0.3 is 0 Å². The van der Waals surface area contributed by atoms with Crippen molar-refractivity contribution in [2.45, 2.75) is 19.1 Å². The lowest BCUT2D eigenvalue weighted by Crippen LogP contribution is -2.30. The summed E-state index contributed by atoms with van der Waals surface area (Å²) < 4.78 is 5.25. The Hall–Kier alpha value is -2.33. The summed E-state index contributed by atoms with van der Waals surface area (Å²) in [5.41, 5.74) is 3.37. The van der Waals surface area contributed by atoms with E-state index in [0.29, 0.717) is 17.3 Å². The fourth-order valence-corrected chi connectivity index (χ4v) is 3.52. The van der Waals surface area contributed by atoms with E-state index in [-0.39, 0.29) is 12.6 Å². The van der Waals surface area contributed by atoms with E-state index in [1.165, 1.54) is 5.56 Å². The smallest absolute Gasteiger partial charge is 0.137 e. The third-order valence-corrected chi connectivity index (χ3v) is 4.92. The normalized spacial score (nSPS) is 12.1. The topological polar surface area (TPSA) is 32.7 Å². The molecule has 0 aliphatic heterocycles. The molecule has 4 heteroatoms. The molecule has 3 aromatic rings. The van der Waals surface area contributed by atoms with Gasteiger partial charge in [-0.3, -0.25) is 4.90 Å². The van der Waals surface area contributed by atoms with Gasteiger partial charge in [0.15, 0.2) is 0 Å². The summed E-state index contributed by atoms with van der Waals surface area (Å²) in [6.45, 7) is 1.43. The summed E-state index contributed by atoms with van der Waals surface area (Å²) >= 11 is 6.31. The van der Waals surface area contributed by atoms with Gasteiger partial charge in [-0.05, 0) is 28.8 Å². The average molecular weight is 382 g/mol. The van der Waals surface area contributed by atoms with Crippen molar-refractivity contribution in [1.29, 1.82) is 0 Å². The SMILES string of the molecule is COc1ccc(CN(Cc2ccccc2)C(CO)c2ccccc2)cc1Cl. The highest BCUT2D eigenvalue weighted by Gasteiger charge is 2.20. The van der Waals surface area contributed by atoms with Crippen LogP contribution in [0.5, 0.6) is 5.75 Å². The summed E-state index contributed by atoms with van der Waals surface area (Å²) in [6.07, 6.45) is 0. The van der Waals surface area contributed by atoms with Crippen LogP contribution in [0.15, 0.2) is 78.9 Å². The van der Waals surface area contributed by atoms with Gasteiger partial charge in [0.1, 0.15) is 5.75 Å². The predicted molar refractivity (Wildman–Crippen MR) is 110 cm³/mol. The second-order valence-electron chi connectivity index (χ2n) is 6.47. The van der Waals surface area contributed by atoms with Crippen LogP contribution in [0.1, 0.15) is 22.7 Å². The van der Waals surface area contributed by atoms with Crippen molar-refractivity contribution >= 4 is 11.6 Å². The molecule has 3 aromatic carbocycles. The van der Waals surface area contributed by atoms with Crippen LogP contribution in [0.4, 0.5) is 0 Å². The van der Waals surface area contributed by atoms with Gasteiger partial charge in [0, 0.05) is 13.1 Å². The molecule has 0 saturated heterocycles. The molecule has 0 amide bonds. The summed E-state index contributed by atoms with van der Waals surface area (Å²) in [5, 5.41) is 10.7. The third-order valence-electron chi connectivity index (χ3n) is 4.63. The van der Waals surface area contributed by atoms with Crippen LogP contribution in [0.2, 0.25) is 5.02 Å². The number of benzene rings is 3. The molecular weight excluding hydrogens is 358 g/mol. The molecule has 0 aliphatic rings. The van der Waals surface area contributed by atoms with Crippen molar-refractivity contribution in [3.05, 3.63) is 101 Å². The third kappa shape index (κ3) is 5.10. The van der Waals surface area contributed by atoms with Gasteiger partial charge in [-0.25, -0.2) is 0 Å². The van der Waals surface area contributed by atoms with E-state index < -0.39 is 0 Å². The molecule has 0 aromatic heterocycles. The highest BCUT2D eigenvalue weighted by atomic mass is 35.5. The van der Waals surface area contributed by atoms with Crippen LogP contribution in [0, 0.1) is 0 Å². The quantitative estimate of drug-likeness (QED) is 0.590. The molecule has 3 nitrogen and oxygen atoms in total. The minimum atomic E-state index is -0.104. The van der Waals surface area contributed by atoms with Gasteiger partial charge in [-0.15, -0.1) is 0 Å². The van der Waals surface area contributed by atoms with Crippen molar-refractivity contribution in [3.63, 3.8) is 0 Å². The molecule has 1 unspecified atom stereocenters. The van der Waals surface area contributed by atoms with Gasteiger partial charge in [-0.1, -0.05) is 78.3 Å². The van der Waals surface area contributed by atoms with Gasteiger partial charge in [-0.2, -0.15) is 0 Å². The number of aliphatic hydroxyl groups excluding tert-OH is 1. The summed E-state index contributed by atoms with van der Waals surface area (Å²) in [5.74, 6) is 0.664. The molecule has 0 spiro atoms. The lowest BCUT2D eigenvalue weighted by atomic mass is 10.0. The number of aliphatic hydroxyl groups is 1. The highest BCUT2D eigenvalue weighted by molar-refractivity contribution is 6.32. The van der Waals surface area contributed by atoms with Crippen LogP contribution < -0.4 is 4.74 Å². The number of nitrogens with zero attached hydrogens (tertiary/aromatic N) is 1. The Labute approximate surface area is 165 Å². The summed E-state index contributed by atoms with van der Waals surface area (Å²) in [7, 11) is 1.61. The molecule has 0 radical (unpaired) electrons. The molecule has 0 saturated carbocycles. The molecule has 27 heavy (non-hydrogen) atoms. The van der Waals surface area contributed by atoms with Crippen molar-refractivity contribution in [3.8, 4) is 5.75 Å². The number of hydrogen-bond donors (Lipinski definition) is 1. The number of methoxy groups -OCH3 is 1. The van der Waals surface area contributed by atoms with Gasteiger partial charge in [0.25, 0.3) is 0 Å². The van der Waals surface area contributed by atoms with E-state index in [1.54, 1.807) is 7.11 Å². The lowest BCUT2D eigenvalue weighted by Gasteiger charge is -2.31. The molecule has 140 valence electrons. The van der Waals surface area contributed by atoms with E-state index in [1.807, 2.05) is 54.6 Å². The van der Waals surface area contributed by atoms with Crippen LogP contribution in [0.25, 0.3) is 0 Å². The van der Waals surface area contributed by atoms with E-state index >= 15 is 0 Å². The lowest BCUT2D eigenvalue weighted by molar-refractivity contribution is 0.110. The number of hydrogen-bond acceptors (Lipinski definition) is 3. The molecule has 0 aliphatic carbocycles. The summed E-state index contributed by atoms with van der Waals surface area (Å²) in [4.78, 5) is 2.27. The number of halogens is 1. The zero-order valence-corrected chi connectivity index (χ0v) is 16.1. The van der Waals surface area contributed by atoms with Gasteiger partial charge in [0.2, 0.25) is 0 Å². The van der Waals surface area contributed by atoms with Crippen LogP contribution >= 0.6 is 11.6 Å². The summed E-state index contributed by atoms with van der Waals surface area (Å²) in [6, 6.07) is 26.1. The maximum absolute atomic E-state index is 10.2. The fraction of sp³-hybridized carbons (Fsp3) is 0.217. The molecule has 1 N–H and O–H groups in total. The van der Waals surface area contributed by atoms with E-state index in [4.69, 9.17) is 16.3 Å². The first kappa shape index (κ1) is 19.4. The van der Waals surface area contributed by atoms with E-state index in [2.05, 4.69) is 29.2 Å². The Morgan fingerprint density at radius 3 is 2.11 bits per heavy atom. The molecule has 3 rings (SSSR count). The second-order valence-corrected chi connectivity index (χ2v) is 6.88. The Balaban J connectivity index is 1.90. The van der Waals surface area contributed by atoms with E-state index in [9.17, 15) is 5.11 Å². The van der Waals surface area contributed by atoms with Crippen LogP contribution in [-0.4, -0.2) is 23.7 Å². The minimum Gasteiger partial charge on any atom is -0.495 e. The Bertz CT molecular complexity index is 840. The van der Waals surface area contributed by atoms with Crippen molar-refractivity contribution < 1.29 is 9.84 Å². The first-order valence-electron chi connectivity index (χ1n) is 8.97. The standard InChI is InChI=1S/C23H24ClNO2/c1-27-23-13-12-19(14-21(23)24)16-25(15-18-8-4-2-5-9-18)22(17-26)20-10-6-3-7-11-20/h2-14,22,26H,15-17H2,1H3. The molecule has 0 fully saturated rings. The van der Waals surface area contributed by atoms with Crippen LogP contribution in [0.3, 0.4) is 0 Å². The maximum Gasteiger partial charge on any atom is 0.137 e. The molecule has 0 heterocycles. The minimum absolute atomic E-state index is 0.0424. The first-order chi connectivity index (χ1) is 13.2. The maximum atomic E-state index is 10.2. The largest absolute Gasteiger partial charge is 0.495 e. The van der Waals surface area contributed by atoms with Crippen molar-refractivity contribution in [2.24, 2.45) is 0 Å². The fourth-order valence-electron chi connectivity index (χ4n) is 3.24. The van der Waals surface area contributed by atoms with Gasteiger partial charge < -0.3 is 9.84 Å². The Kier molecular flexibility index (Phi) is 6.88. The molecule has 0 bridgehead atoms. The monoisotopic (exact) mass is 381 g/mol. The molecular formula is C23H24ClNO2. The highest BCUT2D eigenvalue weighted by Crippen LogP contribution is 2.29. The van der Waals surface area contributed by atoms with Crippen molar-refractivity contribution in [1.82, 2.24) is 4.90 Å². The first-order valence-corrected chi connectivity index (χ1v) is 9.35. The number of rotatable bonds is 8. The second kappa shape index (κ2) is 9.56. The number of ether oxygens (including phenoxy) is 1. The zero-order chi connectivity index (χ0) is 19.1. The Morgan fingerprint density at radius 1 is 0.889 bits per heavy atom. The zero-order valence-electron chi connectivity index (χ0n) is 15.4. The Morgan fingerprint density at radius 2 is 1.52 bits per heavy atom.